The van der Waals surface area contributed by atoms with Gasteiger partial charge in [-0.05, 0) is 53.5 Å². The summed E-state index contributed by atoms with van der Waals surface area (Å²) in [5.74, 6) is 0.320. The molecule has 1 atom stereocenters. The number of aromatic nitrogens is 1. The smallest absolute Gasteiger partial charge is 0.121 e. The summed E-state index contributed by atoms with van der Waals surface area (Å²) in [5.41, 5.74) is 2.85. The molecule has 0 saturated carbocycles. The molecule has 94 valence electrons. The average Bonchev–Trinajstić information content (AvgIpc) is 2.32. The molecule has 0 fully saturated rings. The van der Waals surface area contributed by atoms with Crippen LogP contribution in [0.2, 0.25) is 0 Å². The fourth-order valence-electron chi connectivity index (χ4n) is 1.81. The van der Waals surface area contributed by atoms with E-state index in [2.05, 4.69) is 26.2 Å². The predicted molar refractivity (Wildman–Crippen MR) is 76.8 cm³/mol. The number of benzene rings is 1. The molecular weight excluding hydrogens is 292 g/mol. The van der Waals surface area contributed by atoms with Crippen molar-refractivity contribution >= 4 is 21.6 Å². The normalized spacial score (nSPS) is 12.2. The third-order valence-corrected chi connectivity index (χ3v) is 3.23. The molecule has 3 nitrogen and oxygen atoms in total. The summed E-state index contributed by atoms with van der Waals surface area (Å²) in [6.07, 6.45) is 1.76. The van der Waals surface area contributed by atoms with Crippen LogP contribution >= 0.6 is 15.9 Å². The van der Waals surface area contributed by atoms with E-state index in [0.29, 0.717) is 5.75 Å². The molecule has 0 aliphatic rings. The van der Waals surface area contributed by atoms with E-state index >= 15 is 0 Å². The van der Waals surface area contributed by atoms with Crippen LogP contribution in [0.1, 0.15) is 24.1 Å². The van der Waals surface area contributed by atoms with Crippen LogP contribution in [0.5, 0.6) is 5.75 Å². The van der Waals surface area contributed by atoms with Gasteiger partial charge in [0.1, 0.15) is 10.4 Å². The molecule has 0 spiro atoms. The highest BCUT2D eigenvalue weighted by molar-refractivity contribution is 9.10. The Balaban J connectivity index is 2.16. The lowest BCUT2D eigenvalue weighted by Crippen LogP contribution is -2.07. The number of hydrogen-bond donors (Lipinski definition) is 2. The lowest BCUT2D eigenvalue weighted by atomic mass is 10.0. The molecule has 1 unspecified atom stereocenters. The van der Waals surface area contributed by atoms with Gasteiger partial charge >= 0.3 is 0 Å². The minimum absolute atomic E-state index is 0.0218. The van der Waals surface area contributed by atoms with Crippen molar-refractivity contribution in [2.24, 2.45) is 0 Å². The maximum Gasteiger partial charge on any atom is 0.121 e. The Hall–Kier alpha value is -1.55. The maximum absolute atomic E-state index is 9.92. The molecule has 2 rings (SSSR count). The zero-order valence-corrected chi connectivity index (χ0v) is 11.9. The highest BCUT2D eigenvalue weighted by Gasteiger charge is 2.10. The van der Waals surface area contributed by atoms with Gasteiger partial charge in [0, 0.05) is 5.56 Å². The molecular formula is C14H15BrN2O. The van der Waals surface area contributed by atoms with Crippen molar-refractivity contribution in [2.75, 3.05) is 5.32 Å². The van der Waals surface area contributed by atoms with Gasteiger partial charge in [-0.25, -0.2) is 4.98 Å². The molecule has 0 radical (unpaired) electrons. The molecule has 0 aliphatic heterocycles. The van der Waals surface area contributed by atoms with Gasteiger partial charge < -0.3 is 10.4 Å². The Bertz CT molecular complexity index is 540. The van der Waals surface area contributed by atoms with Crippen molar-refractivity contribution in [1.82, 2.24) is 4.98 Å². The zero-order valence-electron chi connectivity index (χ0n) is 10.3. The molecule has 2 aromatic rings. The number of nitrogens with zero attached hydrogens (tertiary/aromatic N) is 1. The molecule has 1 aromatic carbocycles. The largest absolute Gasteiger partial charge is 0.508 e. The monoisotopic (exact) mass is 306 g/mol. The van der Waals surface area contributed by atoms with Crippen LogP contribution in [0.25, 0.3) is 0 Å². The standard InChI is InChI=1S/C14H15BrN2O/c1-9-3-5-12(13(18)7-9)10(2)17-11-4-6-14(15)16-8-11/h3-8,10,17-18H,1-2H3. The van der Waals surface area contributed by atoms with Crippen molar-refractivity contribution in [1.29, 1.82) is 0 Å². The van der Waals surface area contributed by atoms with Crippen molar-refractivity contribution in [3.05, 3.63) is 52.3 Å². The highest BCUT2D eigenvalue weighted by atomic mass is 79.9. The van der Waals surface area contributed by atoms with Crippen LogP contribution in [-0.2, 0) is 0 Å². The number of aromatic hydroxyl groups is 1. The van der Waals surface area contributed by atoms with Gasteiger partial charge in [-0.3, -0.25) is 0 Å². The predicted octanol–water partition coefficient (Wildman–Crippen LogP) is 4.03. The Labute approximate surface area is 115 Å². The van der Waals surface area contributed by atoms with Crippen LogP contribution in [-0.4, -0.2) is 10.1 Å². The van der Waals surface area contributed by atoms with Crippen LogP contribution in [0.3, 0.4) is 0 Å². The van der Waals surface area contributed by atoms with Gasteiger partial charge in [0.15, 0.2) is 0 Å². The van der Waals surface area contributed by atoms with E-state index in [0.717, 1.165) is 21.4 Å². The fourth-order valence-corrected chi connectivity index (χ4v) is 2.04. The first-order valence-corrected chi connectivity index (χ1v) is 6.53. The minimum Gasteiger partial charge on any atom is -0.508 e. The molecule has 1 heterocycles. The molecule has 0 bridgehead atoms. The van der Waals surface area contributed by atoms with E-state index in [4.69, 9.17) is 0 Å². The van der Waals surface area contributed by atoms with E-state index in [-0.39, 0.29) is 6.04 Å². The number of halogens is 1. The van der Waals surface area contributed by atoms with E-state index < -0.39 is 0 Å². The number of phenolic OH excluding ortho intramolecular Hbond substituents is 1. The van der Waals surface area contributed by atoms with E-state index in [9.17, 15) is 5.11 Å². The van der Waals surface area contributed by atoms with Gasteiger partial charge in [-0.15, -0.1) is 0 Å². The molecule has 0 amide bonds. The van der Waals surface area contributed by atoms with Gasteiger partial charge in [0.05, 0.1) is 17.9 Å². The molecule has 0 aliphatic carbocycles. The maximum atomic E-state index is 9.92. The zero-order chi connectivity index (χ0) is 13.1. The summed E-state index contributed by atoms with van der Waals surface area (Å²) >= 11 is 3.30. The summed E-state index contributed by atoms with van der Waals surface area (Å²) in [5, 5.41) is 13.2. The highest BCUT2D eigenvalue weighted by Crippen LogP contribution is 2.27. The second kappa shape index (κ2) is 5.40. The molecule has 18 heavy (non-hydrogen) atoms. The van der Waals surface area contributed by atoms with Gasteiger partial charge in [0.25, 0.3) is 0 Å². The summed E-state index contributed by atoms with van der Waals surface area (Å²) in [6, 6.07) is 9.55. The van der Waals surface area contributed by atoms with Crippen molar-refractivity contribution in [3.8, 4) is 5.75 Å². The first-order chi connectivity index (χ1) is 8.56. The lowest BCUT2D eigenvalue weighted by molar-refractivity contribution is 0.465. The average molecular weight is 307 g/mol. The van der Waals surface area contributed by atoms with Crippen molar-refractivity contribution in [3.63, 3.8) is 0 Å². The van der Waals surface area contributed by atoms with Gasteiger partial charge in [-0.1, -0.05) is 12.1 Å². The first-order valence-electron chi connectivity index (χ1n) is 5.74. The number of anilines is 1. The third kappa shape index (κ3) is 3.01. The van der Waals surface area contributed by atoms with Crippen LogP contribution < -0.4 is 5.32 Å². The molecule has 1 aromatic heterocycles. The van der Waals surface area contributed by atoms with Crippen molar-refractivity contribution < 1.29 is 5.11 Å². The molecule has 2 N–H and O–H groups in total. The summed E-state index contributed by atoms with van der Waals surface area (Å²) in [4.78, 5) is 4.15. The SMILES string of the molecule is Cc1ccc(C(C)Nc2ccc(Br)nc2)c(O)c1. The second-order valence-electron chi connectivity index (χ2n) is 4.30. The first kappa shape index (κ1) is 12.9. The number of pyridine rings is 1. The van der Waals surface area contributed by atoms with E-state index in [1.807, 2.05) is 38.1 Å². The quantitative estimate of drug-likeness (QED) is 0.842. The Kier molecular flexibility index (Phi) is 3.87. The number of hydrogen-bond acceptors (Lipinski definition) is 3. The Morgan fingerprint density at radius 3 is 2.67 bits per heavy atom. The third-order valence-electron chi connectivity index (χ3n) is 2.76. The van der Waals surface area contributed by atoms with E-state index in [1.165, 1.54) is 0 Å². The summed E-state index contributed by atoms with van der Waals surface area (Å²) in [7, 11) is 0. The summed E-state index contributed by atoms with van der Waals surface area (Å²) < 4.78 is 0.805. The number of rotatable bonds is 3. The molecule has 4 heteroatoms. The second-order valence-corrected chi connectivity index (χ2v) is 5.11. The minimum atomic E-state index is 0.0218. The fraction of sp³-hybridized carbons (Fsp3) is 0.214. The van der Waals surface area contributed by atoms with Crippen LogP contribution in [0.4, 0.5) is 5.69 Å². The van der Waals surface area contributed by atoms with Gasteiger partial charge in [-0.2, -0.15) is 0 Å². The number of nitrogens with one attached hydrogen (secondary N) is 1. The molecule has 0 saturated heterocycles. The lowest BCUT2D eigenvalue weighted by Gasteiger charge is -2.17. The van der Waals surface area contributed by atoms with Crippen LogP contribution in [0.15, 0.2) is 41.1 Å². The van der Waals surface area contributed by atoms with Gasteiger partial charge in [0.2, 0.25) is 0 Å². The number of aryl methyl sites for hydroxylation is 1. The number of phenols is 1. The summed E-state index contributed by atoms with van der Waals surface area (Å²) in [6.45, 7) is 3.96. The Morgan fingerprint density at radius 2 is 2.06 bits per heavy atom. The Morgan fingerprint density at radius 1 is 1.28 bits per heavy atom. The van der Waals surface area contributed by atoms with Crippen LogP contribution in [0, 0.1) is 6.92 Å². The van der Waals surface area contributed by atoms with Crippen molar-refractivity contribution in [2.45, 2.75) is 19.9 Å². The van der Waals surface area contributed by atoms with E-state index in [1.54, 1.807) is 12.3 Å². The topological polar surface area (TPSA) is 45.2 Å².